The number of nitrogens with one attached hydrogen (secondary N) is 2. The predicted molar refractivity (Wildman–Crippen MR) is 71.6 cm³/mol. The summed E-state index contributed by atoms with van der Waals surface area (Å²) >= 11 is 8.78. The van der Waals surface area contributed by atoms with Crippen LogP contribution in [0.4, 0.5) is 18.9 Å². The van der Waals surface area contributed by atoms with Crippen LogP contribution >= 0.6 is 27.5 Å². The fourth-order valence-corrected chi connectivity index (χ4v) is 2.45. The van der Waals surface area contributed by atoms with Gasteiger partial charge in [-0.15, -0.1) is 0 Å². The average molecular weight is 373 g/mol. The van der Waals surface area contributed by atoms with E-state index in [2.05, 4.69) is 31.5 Å². The van der Waals surface area contributed by atoms with Crippen LogP contribution in [0.25, 0.3) is 0 Å². The molecule has 1 aromatic heterocycles. The molecule has 1 amide bonds. The number of amides is 1. The number of pyridine rings is 1. The second kappa shape index (κ2) is 5.50. The highest BCUT2D eigenvalue weighted by molar-refractivity contribution is 9.10. The lowest BCUT2D eigenvalue weighted by molar-refractivity contribution is -0.213. The van der Waals surface area contributed by atoms with Crippen molar-refractivity contribution in [2.75, 3.05) is 18.4 Å². The predicted octanol–water partition coefficient (Wildman–Crippen LogP) is 2.98. The molecule has 110 valence electrons. The molecule has 2 N–H and O–H groups in total. The second-order valence-corrected chi connectivity index (χ2v) is 5.67. The third-order valence-electron chi connectivity index (χ3n) is 3.19. The van der Waals surface area contributed by atoms with Crippen LogP contribution in [0.3, 0.4) is 0 Å². The Labute approximate surface area is 126 Å². The Morgan fingerprint density at radius 1 is 1.55 bits per heavy atom. The maximum absolute atomic E-state index is 13.2. The number of anilines is 1. The Kier molecular flexibility index (Phi) is 4.27. The lowest BCUT2D eigenvalue weighted by atomic mass is 9.85. The highest BCUT2D eigenvalue weighted by Crippen LogP contribution is 2.43. The summed E-state index contributed by atoms with van der Waals surface area (Å²) in [5, 5.41) is 4.99. The highest BCUT2D eigenvalue weighted by Gasteiger charge is 2.61. The van der Waals surface area contributed by atoms with Gasteiger partial charge in [0.05, 0.1) is 16.4 Å². The van der Waals surface area contributed by atoms with Gasteiger partial charge in [0, 0.05) is 6.54 Å². The van der Waals surface area contributed by atoms with Crippen LogP contribution in [0, 0.1) is 5.41 Å². The van der Waals surface area contributed by atoms with Gasteiger partial charge in [-0.25, -0.2) is 4.98 Å². The van der Waals surface area contributed by atoms with E-state index < -0.39 is 24.0 Å². The summed E-state index contributed by atoms with van der Waals surface area (Å²) in [6, 6.07) is 1.40. The monoisotopic (exact) mass is 371 g/mol. The molecule has 1 unspecified atom stereocenters. The minimum atomic E-state index is -4.61. The molecule has 1 aromatic rings. The molecule has 0 saturated carbocycles. The van der Waals surface area contributed by atoms with Gasteiger partial charge in [0.15, 0.2) is 5.41 Å². The Bertz CT molecular complexity index is 532. The van der Waals surface area contributed by atoms with Crippen LogP contribution in [0.15, 0.2) is 16.7 Å². The number of hydrogen-bond acceptors (Lipinski definition) is 3. The molecule has 0 bridgehead atoms. The number of aromatic nitrogens is 1. The van der Waals surface area contributed by atoms with Crippen molar-refractivity contribution in [3.63, 3.8) is 0 Å². The first-order valence-electron chi connectivity index (χ1n) is 5.66. The number of rotatable bonds is 2. The van der Waals surface area contributed by atoms with Gasteiger partial charge in [-0.3, -0.25) is 4.79 Å². The van der Waals surface area contributed by atoms with E-state index in [1.54, 1.807) is 0 Å². The maximum Gasteiger partial charge on any atom is 0.404 e. The summed E-state index contributed by atoms with van der Waals surface area (Å²) < 4.78 is 39.9. The van der Waals surface area contributed by atoms with E-state index >= 15 is 0 Å². The van der Waals surface area contributed by atoms with Crippen LogP contribution in [-0.4, -0.2) is 30.2 Å². The molecule has 2 heterocycles. The minimum Gasteiger partial charge on any atom is -0.324 e. The first kappa shape index (κ1) is 15.5. The minimum absolute atomic E-state index is 0.148. The van der Waals surface area contributed by atoms with Crippen LogP contribution in [0.5, 0.6) is 0 Å². The van der Waals surface area contributed by atoms with E-state index in [1.807, 2.05) is 0 Å². The van der Waals surface area contributed by atoms with Crippen LogP contribution in [0.1, 0.15) is 6.42 Å². The van der Waals surface area contributed by atoms with Crippen molar-refractivity contribution >= 4 is 39.1 Å². The van der Waals surface area contributed by atoms with Gasteiger partial charge in [-0.2, -0.15) is 13.2 Å². The first-order chi connectivity index (χ1) is 9.26. The number of carbonyl (C=O) groups is 1. The van der Waals surface area contributed by atoms with Crippen LogP contribution in [-0.2, 0) is 4.79 Å². The molecule has 1 aliphatic rings. The summed E-state index contributed by atoms with van der Waals surface area (Å²) in [5.74, 6) is -1.09. The standard InChI is InChI=1S/C11H10BrClF3N3O/c12-7-3-6(4-18-8(7)13)19-9(20)10(11(14,15)16)1-2-17-5-10/h3-4,17H,1-2,5H2,(H,19,20). The van der Waals surface area contributed by atoms with Crippen LogP contribution < -0.4 is 10.6 Å². The molecule has 0 spiro atoms. The van der Waals surface area contributed by atoms with Crippen molar-refractivity contribution in [3.8, 4) is 0 Å². The number of hydrogen-bond donors (Lipinski definition) is 2. The Hall–Kier alpha value is -0.860. The molecule has 1 atom stereocenters. The Morgan fingerprint density at radius 3 is 2.75 bits per heavy atom. The van der Waals surface area contributed by atoms with E-state index in [0.717, 1.165) is 0 Å². The molecule has 2 rings (SSSR count). The van der Waals surface area contributed by atoms with Gasteiger partial charge >= 0.3 is 6.18 Å². The molecule has 20 heavy (non-hydrogen) atoms. The summed E-state index contributed by atoms with van der Waals surface area (Å²) in [5.41, 5.74) is -2.25. The summed E-state index contributed by atoms with van der Waals surface area (Å²) in [7, 11) is 0. The van der Waals surface area contributed by atoms with Gasteiger partial charge in [0.25, 0.3) is 0 Å². The molecular formula is C11H10BrClF3N3O. The molecule has 9 heteroatoms. The molecule has 1 aliphatic heterocycles. The third kappa shape index (κ3) is 2.77. The number of carbonyl (C=O) groups excluding carboxylic acids is 1. The lowest BCUT2D eigenvalue weighted by Gasteiger charge is -2.29. The van der Waals surface area contributed by atoms with Gasteiger partial charge in [0.1, 0.15) is 5.15 Å². The van der Waals surface area contributed by atoms with Crippen molar-refractivity contribution in [1.82, 2.24) is 10.3 Å². The number of alkyl halides is 3. The third-order valence-corrected chi connectivity index (χ3v) is 4.32. The highest BCUT2D eigenvalue weighted by atomic mass is 79.9. The van der Waals surface area contributed by atoms with Crippen molar-refractivity contribution in [1.29, 1.82) is 0 Å². The lowest BCUT2D eigenvalue weighted by Crippen LogP contribution is -2.49. The summed E-state index contributed by atoms with van der Waals surface area (Å²) in [6.07, 6.45) is -3.69. The van der Waals surface area contributed by atoms with E-state index in [9.17, 15) is 18.0 Å². The summed E-state index contributed by atoms with van der Waals surface area (Å²) in [6.45, 7) is -0.278. The average Bonchev–Trinajstić information content (AvgIpc) is 2.84. The van der Waals surface area contributed by atoms with Crippen LogP contribution in [0.2, 0.25) is 5.15 Å². The molecule has 0 radical (unpaired) electrons. The van der Waals surface area contributed by atoms with E-state index in [4.69, 9.17) is 11.6 Å². The number of nitrogens with zero attached hydrogens (tertiary/aromatic N) is 1. The molecule has 1 fully saturated rings. The Morgan fingerprint density at radius 2 is 2.25 bits per heavy atom. The van der Waals surface area contributed by atoms with Gasteiger partial charge in [0.2, 0.25) is 5.91 Å². The molecule has 0 aliphatic carbocycles. The number of halogens is 5. The zero-order valence-electron chi connectivity index (χ0n) is 10.0. The van der Waals surface area contributed by atoms with Gasteiger partial charge in [-0.1, -0.05) is 11.6 Å². The van der Waals surface area contributed by atoms with E-state index in [-0.39, 0.29) is 23.8 Å². The zero-order chi connectivity index (χ0) is 15.0. The largest absolute Gasteiger partial charge is 0.404 e. The zero-order valence-corrected chi connectivity index (χ0v) is 12.4. The van der Waals surface area contributed by atoms with Gasteiger partial charge in [-0.05, 0) is 35.0 Å². The molecule has 0 aromatic carbocycles. The van der Waals surface area contributed by atoms with Crippen molar-refractivity contribution in [2.24, 2.45) is 5.41 Å². The van der Waals surface area contributed by atoms with E-state index in [1.165, 1.54) is 12.3 Å². The molecule has 4 nitrogen and oxygen atoms in total. The normalized spacial score (nSPS) is 22.9. The molecule has 1 saturated heterocycles. The van der Waals surface area contributed by atoms with Gasteiger partial charge < -0.3 is 10.6 Å². The SMILES string of the molecule is O=C(Nc1cnc(Cl)c(Br)c1)C1(C(F)(F)F)CCNC1. The fourth-order valence-electron chi connectivity index (χ4n) is 2.00. The smallest absolute Gasteiger partial charge is 0.324 e. The summed E-state index contributed by atoms with van der Waals surface area (Å²) in [4.78, 5) is 15.8. The van der Waals surface area contributed by atoms with Crippen molar-refractivity contribution in [3.05, 3.63) is 21.9 Å². The van der Waals surface area contributed by atoms with Crippen molar-refractivity contribution in [2.45, 2.75) is 12.6 Å². The first-order valence-corrected chi connectivity index (χ1v) is 6.83. The Balaban J connectivity index is 2.23. The topological polar surface area (TPSA) is 54.0 Å². The maximum atomic E-state index is 13.2. The molecular weight excluding hydrogens is 362 g/mol. The quantitative estimate of drug-likeness (QED) is 0.785. The van der Waals surface area contributed by atoms with E-state index in [0.29, 0.717) is 4.47 Å². The fraction of sp³-hybridized carbons (Fsp3) is 0.455. The van der Waals surface area contributed by atoms with Crippen molar-refractivity contribution < 1.29 is 18.0 Å². The second-order valence-electron chi connectivity index (χ2n) is 4.46.